The van der Waals surface area contributed by atoms with Gasteiger partial charge in [0.2, 0.25) is 13.6 Å². The monoisotopic (exact) mass is 351 g/mol. The predicted molar refractivity (Wildman–Crippen MR) is 91.2 cm³/mol. The third-order valence-electron chi connectivity index (χ3n) is 6.09. The highest BCUT2D eigenvalue weighted by Crippen LogP contribution is 2.52. The first-order valence-corrected chi connectivity index (χ1v) is 8.79. The summed E-state index contributed by atoms with van der Waals surface area (Å²) < 4.78 is 22.2. The summed E-state index contributed by atoms with van der Waals surface area (Å²) in [5.74, 6) is 2.80. The zero-order chi connectivity index (χ0) is 17.5. The smallest absolute Gasteiger partial charge is 0.231 e. The molecule has 4 aliphatic rings. The highest BCUT2D eigenvalue weighted by Gasteiger charge is 2.54. The molecule has 1 aliphatic carbocycles. The number of Topliss-reactive ketones (excluding diaryl/α,β-unsaturated/α-hetero) is 1. The van der Waals surface area contributed by atoms with E-state index in [0.717, 1.165) is 35.4 Å². The van der Waals surface area contributed by atoms with Crippen LogP contribution in [0.3, 0.4) is 0 Å². The van der Waals surface area contributed by atoms with Crippen LogP contribution in [0.5, 0.6) is 23.0 Å². The van der Waals surface area contributed by atoms with Crippen molar-refractivity contribution in [3.05, 3.63) is 46.5 Å². The van der Waals surface area contributed by atoms with Crippen molar-refractivity contribution in [3.8, 4) is 23.0 Å². The minimum Gasteiger partial charge on any atom is -0.454 e. The van der Waals surface area contributed by atoms with E-state index in [-0.39, 0.29) is 19.4 Å². The largest absolute Gasteiger partial charge is 0.454 e. The molecule has 0 unspecified atom stereocenters. The van der Waals surface area contributed by atoms with Crippen molar-refractivity contribution in [1.82, 2.24) is 4.90 Å². The molecule has 0 bridgehead atoms. The number of nitrogens with zero attached hydrogens (tertiary/aromatic N) is 1. The predicted octanol–water partition coefficient (Wildman–Crippen LogP) is 2.27. The number of hydrogen-bond acceptors (Lipinski definition) is 6. The number of carbonyl (C=O) groups is 1. The first-order valence-electron chi connectivity index (χ1n) is 8.79. The normalized spacial score (nSPS) is 24.9. The number of benzene rings is 2. The molecule has 3 heterocycles. The van der Waals surface area contributed by atoms with Gasteiger partial charge < -0.3 is 18.9 Å². The Morgan fingerprint density at radius 1 is 0.962 bits per heavy atom. The molecule has 2 aromatic carbocycles. The number of ketones is 1. The summed E-state index contributed by atoms with van der Waals surface area (Å²) in [6.07, 6.45) is 1.51. The van der Waals surface area contributed by atoms with Crippen LogP contribution in [0, 0.1) is 0 Å². The zero-order valence-electron chi connectivity index (χ0n) is 14.3. The summed E-state index contributed by atoms with van der Waals surface area (Å²) in [5, 5.41) is 0. The molecule has 0 saturated heterocycles. The molecule has 0 saturated carbocycles. The van der Waals surface area contributed by atoms with Crippen LogP contribution in [0.1, 0.15) is 27.0 Å². The van der Waals surface area contributed by atoms with Crippen LogP contribution in [-0.2, 0) is 18.4 Å². The molecule has 3 aliphatic heterocycles. The Morgan fingerprint density at radius 2 is 1.73 bits per heavy atom. The first kappa shape index (κ1) is 14.4. The minimum atomic E-state index is -0.724. The lowest BCUT2D eigenvalue weighted by atomic mass is 9.77. The fourth-order valence-electron chi connectivity index (χ4n) is 4.76. The number of rotatable bonds is 0. The maximum atomic E-state index is 13.8. The van der Waals surface area contributed by atoms with Gasteiger partial charge in [0.15, 0.2) is 28.8 Å². The van der Waals surface area contributed by atoms with Crippen LogP contribution in [0.4, 0.5) is 0 Å². The third-order valence-corrected chi connectivity index (χ3v) is 6.09. The van der Waals surface area contributed by atoms with E-state index in [4.69, 9.17) is 18.9 Å². The molecule has 6 rings (SSSR count). The zero-order valence-corrected chi connectivity index (χ0v) is 14.3. The maximum Gasteiger partial charge on any atom is 0.231 e. The second-order valence-corrected chi connectivity index (χ2v) is 7.23. The maximum absolute atomic E-state index is 13.8. The van der Waals surface area contributed by atoms with Gasteiger partial charge in [-0.05, 0) is 48.4 Å². The molecule has 0 N–H and O–H groups in total. The van der Waals surface area contributed by atoms with Crippen molar-refractivity contribution in [2.75, 3.05) is 27.2 Å². The Balaban J connectivity index is 1.58. The molecule has 6 nitrogen and oxygen atoms in total. The van der Waals surface area contributed by atoms with Gasteiger partial charge in [-0.25, -0.2) is 0 Å². The van der Waals surface area contributed by atoms with E-state index in [1.165, 1.54) is 0 Å². The fourth-order valence-corrected chi connectivity index (χ4v) is 4.76. The second kappa shape index (κ2) is 4.71. The van der Waals surface area contributed by atoms with E-state index in [1.54, 1.807) is 0 Å². The number of likely N-dealkylation sites (N-methyl/N-ethyl adjacent to an activating group) is 1. The quantitative estimate of drug-likeness (QED) is 0.726. The lowest BCUT2D eigenvalue weighted by Crippen LogP contribution is -2.52. The van der Waals surface area contributed by atoms with Gasteiger partial charge in [0, 0.05) is 13.0 Å². The topological polar surface area (TPSA) is 57.2 Å². The summed E-state index contributed by atoms with van der Waals surface area (Å²) in [7, 11) is 2.02. The van der Waals surface area contributed by atoms with Crippen molar-refractivity contribution < 1.29 is 23.7 Å². The summed E-state index contributed by atoms with van der Waals surface area (Å²) >= 11 is 0. The van der Waals surface area contributed by atoms with Crippen LogP contribution in [0.15, 0.2) is 24.3 Å². The van der Waals surface area contributed by atoms with Gasteiger partial charge in [-0.2, -0.15) is 0 Å². The van der Waals surface area contributed by atoms with Gasteiger partial charge in [-0.1, -0.05) is 6.07 Å². The summed E-state index contributed by atoms with van der Waals surface area (Å²) in [6.45, 7) is 1.21. The molecular formula is C20H17NO5. The number of fused-ring (bicyclic) bond motifs is 6. The van der Waals surface area contributed by atoms with Crippen molar-refractivity contribution in [1.29, 1.82) is 0 Å². The number of carbonyl (C=O) groups excluding carboxylic acids is 1. The molecule has 0 radical (unpaired) electrons. The molecule has 0 aromatic heterocycles. The van der Waals surface area contributed by atoms with Gasteiger partial charge in [0.1, 0.15) is 5.54 Å². The lowest BCUT2D eigenvalue weighted by Gasteiger charge is -2.42. The van der Waals surface area contributed by atoms with E-state index in [0.29, 0.717) is 29.2 Å². The van der Waals surface area contributed by atoms with Crippen molar-refractivity contribution >= 4 is 5.78 Å². The molecule has 1 atom stereocenters. The fraction of sp³-hybridized carbons (Fsp3) is 0.350. The van der Waals surface area contributed by atoms with E-state index < -0.39 is 5.54 Å². The Labute approximate surface area is 150 Å². The molecule has 26 heavy (non-hydrogen) atoms. The van der Waals surface area contributed by atoms with Crippen molar-refractivity contribution in [2.24, 2.45) is 0 Å². The highest BCUT2D eigenvalue weighted by molar-refractivity contribution is 6.11. The van der Waals surface area contributed by atoms with Crippen LogP contribution in [0.2, 0.25) is 0 Å². The molecular weight excluding hydrogens is 334 g/mol. The standard InChI is InChI=1S/C20H17NO5/c1-21-5-4-11-6-15-16(25-9-24-15)7-13(11)20(21)8-12-2-3-14-18(26-10-23-14)17(12)19(20)22/h2-3,6-7H,4-5,8-10H2,1H3/t20-/m1/s1. The Bertz CT molecular complexity index is 985. The van der Waals surface area contributed by atoms with E-state index >= 15 is 0 Å². The van der Waals surface area contributed by atoms with Crippen LogP contribution in [-0.4, -0.2) is 37.9 Å². The summed E-state index contributed by atoms with van der Waals surface area (Å²) in [6, 6.07) is 7.92. The van der Waals surface area contributed by atoms with Crippen LogP contribution < -0.4 is 18.9 Å². The van der Waals surface area contributed by atoms with E-state index in [9.17, 15) is 4.79 Å². The molecule has 6 heteroatoms. The lowest BCUT2D eigenvalue weighted by molar-refractivity contribution is 0.0613. The minimum absolute atomic E-state index is 0.0807. The van der Waals surface area contributed by atoms with E-state index in [1.807, 2.05) is 31.3 Å². The van der Waals surface area contributed by atoms with Crippen LogP contribution >= 0.6 is 0 Å². The van der Waals surface area contributed by atoms with Crippen molar-refractivity contribution in [2.45, 2.75) is 18.4 Å². The molecule has 0 fully saturated rings. The van der Waals surface area contributed by atoms with Gasteiger partial charge in [-0.3, -0.25) is 9.69 Å². The number of hydrogen-bond donors (Lipinski definition) is 0. The Kier molecular flexibility index (Phi) is 2.61. The van der Waals surface area contributed by atoms with Crippen LogP contribution in [0.25, 0.3) is 0 Å². The van der Waals surface area contributed by atoms with E-state index in [2.05, 4.69) is 4.90 Å². The van der Waals surface area contributed by atoms with Gasteiger partial charge in [-0.15, -0.1) is 0 Å². The summed E-state index contributed by atoms with van der Waals surface area (Å²) in [5.41, 5.74) is 3.12. The SMILES string of the molecule is CN1CCc2cc3c(cc2[C@@]12Cc1ccc4c(c1C2=O)OCO4)OCO3. The highest BCUT2D eigenvalue weighted by atomic mass is 16.7. The third kappa shape index (κ3) is 1.58. The second-order valence-electron chi connectivity index (χ2n) is 7.23. The first-order chi connectivity index (χ1) is 12.7. The molecule has 0 amide bonds. The molecule has 132 valence electrons. The number of ether oxygens (including phenoxy) is 4. The average molecular weight is 351 g/mol. The Hall–Kier alpha value is -2.73. The molecule has 1 spiro atoms. The van der Waals surface area contributed by atoms with Gasteiger partial charge >= 0.3 is 0 Å². The van der Waals surface area contributed by atoms with Gasteiger partial charge in [0.05, 0.1) is 5.56 Å². The molecule has 2 aromatic rings. The average Bonchev–Trinajstić information content (AvgIpc) is 3.35. The Morgan fingerprint density at radius 3 is 2.62 bits per heavy atom. The van der Waals surface area contributed by atoms with Crippen molar-refractivity contribution in [3.63, 3.8) is 0 Å². The van der Waals surface area contributed by atoms with Gasteiger partial charge in [0.25, 0.3) is 0 Å². The summed E-state index contributed by atoms with van der Waals surface area (Å²) in [4.78, 5) is 15.9.